The first-order chi connectivity index (χ1) is 14.9. The van der Waals surface area contributed by atoms with Gasteiger partial charge in [0, 0.05) is 25.9 Å². The van der Waals surface area contributed by atoms with Crippen LogP contribution in [0.2, 0.25) is 5.02 Å². The minimum absolute atomic E-state index is 0.148. The van der Waals surface area contributed by atoms with Crippen molar-refractivity contribution in [2.75, 3.05) is 11.9 Å². The Labute approximate surface area is 182 Å². The van der Waals surface area contributed by atoms with Crippen LogP contribution in [0.1, 0.15) is 0 Å². The van der Waals surface area contributed by atoms with Crippen LogP contribution >= 0.6 is 11.6 Å². The molecule has 1 amide bonds. The van der Waals surface area contributed by atoms with Gasteiger partial charge in [-0.05, 0) is 12.1 Å². The van der Waals surface area contributed by atoms with E-state index in [1.807, 2.05) is 30.3 Å². The quantitative estimate of drug-likeness (QED) is 0.491. The molecule has 0 N–H and O–H groups in total. The monoisotopic (exact) mass is 435 g/mol. The maximum absolute atomic E-state index is 13.0. The molecule has 2 heterocycles. The molecule has 0 radical (unpaired) electrons. The predicted molar refractivity (Wildman–Crippen MR) is 119 cm³/mol. The Morgan fingerprint density at radius 1 is 1.06 bits per heavy atom. The SMILES string of the molecule is CN(C(=O)Cn1c(=O)c2cnc(-c3ccccc3)nc2n(C)c1=O)c1ccccc1Cl. The van der Waals surface area contributed by atoms with E-state index in [2.05, 4.69) is 9.97 Å². The maximum atomic E-state index is 13.0. The van der Waals surface area contributed by atoms with Crippen LogP contribution in [0.15, 0.2) is 70.4 Å². The summed E-state index contributed by atoms with van der Waals surface area (Å²) in [6.45, 7) is -0.441. The zero-order chi connectivity index (χ0) is 22.1. The Hall–Kier alpha value is -3.78. The van der Waals surface area contributed by atoms with E-state index in [0.717, 1.165) is 10.1 Å². The third-order valence-electron chi connectivity index (χ3n) is 4.99. The van der Waals surface area contributed by atoms with Crippen LogP contribution in [0.5, 0.6) is 0 Å². The predicted octanol–water partition coefficient (Wildman–Crippen LogP) is 2.47. The number of hydrogen-bond donors (Lipinski definition) is 0. The third-order valence-corrected chi connectivity index (χ3v) is 5.31. The summed E-state index contributed by atoms with van der Waals surface area (Å²) in [5.74, 6) is -0.0664. The highest BCUT2D eigenvalue weighted by Crippen LogP contribution is 2.24. The Balaban J connectivity index is 1.76. The molecule has 0 saturated heterocycles. The van der Waals surface area contributed by atoms with Gasteiger partial charge in [-0.25, -0.2) is 14.8 Å². The number of hydrogen-bond acceptors (Lipinski definition) is 5. The van der Waals surface area contributed by atoms with Crippen molar-refractivity contribution in [1.82, 2.24) is 19.1 Å². The average Bonchev–Trinajstić information content (AvgIpc) is 2.80. The van der Waals surface area contributed by atoms with Gasteiger partial charge in [-0.3, -0.25) is 18.7 Å². The first-order valence-electron chi connectivity index (χ1n) is 9.41. The van der Waals surface area contributed by atoms with E-state index >= 15 is 0 Å². The molecular weight excluding hydrogens is 418 g/mol. The summed E-state index contributed by atoms with van der Waals surface area (Å²) in [6, 6.07) is 16.1. The fraction of sp³-hybridized carbons (Fsp3) is 0.136. The molecule has 2 aromatic carbocycles. The zero-order valence-electron chi connectivity index (χ0n) is 16.8. The summed E-state index contributed by atoms with van der Waals surface area (Å²) in [6.07, 6.45) is 1.38. The van der Waals surface area contributed by atoms with E-state index in [-0.39, 0.29) is 11.0 Å². The van der Waals surface area contributed by atoms with Gasteiger partial charge < -0.3 is 4.90 Å². The van der Waals surface area contributed by atoms with Crippen molar-refractivity contribution in [3.05, 3.63) is 86.7 Å². The van der Waals surface area contributed by atoms with Crippen LogP contribution in [0, 0.1) is 0 Å². The van der Waals surface area contributed by atoms with Crippen LogP contribution in [-0.2, 0) is 18.4 Å². The molecule has 0 bridgehead atoms. The lowest BCUT2D eigenvalue weighted by Crippen LogP contribution is -2.44. The summed E-state index contributed by atoms with van der Waals surface area (Å²) < 4.78 is 2.12. The Morgan fingerprint density at radius 2 is 1.74 bits per heavy atom. The number of halogens is 1. The Kier molecular flexibility index (Phi) is 5.39. The second-order valence-corrected chi connectivity index (χ2v) is 7.34. The molecule has 0 fully saturated rings. The summed E-state index contributed by atoms with van der Waals surface area (Å²) in [5, 5.41) is 0.536. The third kappa shape index (κ3) is 3.73. The first-order valence-corrected chi connectivity index (χ1v) is 9.79. The number of likely N-dealkylation sites (N-methyl/N-ethyl adjacent to an activating group) is 1. The topological polar surface area (TPSA) is 90.1 Å². The van der Waals surface area contributed by atoms with Gasteiger partial charge in [-0.2, -0.15) is 0 Å². The lowest BCUT2D eigenvalue weighted by molar-refractivity contribution is -0.119. The van der Waals surface area contributed by atoms with Gasteiger partial charge >= 0.3 is 5.69 Å². The highest BCUT2D eigenvalue weighted by molar-refractivity contribution is 6.33. The van der Waals surface area contributed by atoms with E-state index in [0.29, 0.717) is 16.5 Å². The number of carbonyl (C=O) groups is 1. The fourth-order valence-electron chi connectivity index (χ4n) is 3.25. The van der Waals surface area contributed by atoms with E-state index in [1.54, 1.807) is 24.3 Å². The van der Waals surface area contributed by atoms with Gasteiger partial charge in [-0.1, -0.05) is 54.1 Å². The van der Waals surface area contributed by atoms with Gasteiger partial charge in [0.2, 0.25) is 5.91 Å². The molecule has 0 spiro atoms. The highest BCUT2D eigenvalue weighted by Gasteiger charge is 2.19. The number of aromatic nitrogens is 4. The van der Waals surface area contributed by atoms with Gasteiger partial charge in [0.25, 0.3) is 5.56 Å². The number of amides is 1. The van der Waals surface area contributed by atoms with Gasteiger partial charge in [0.15, 0.2) is 11.5 Å². The zero-order valence-corrected chi connectivity index (χ0v) is 17.6. The van der Waals surface area contributed by atoms with Crippen LogP contribution < -0.4 is 16.1 Å². The van der Waals surface area contributed by atoms with E-state index in [9.17, 15) is 14.4 Å². The van der Waals surface area contributed by atoms with E-state index < -0.39 is 23.7 Å². The molecule has 4 aromatic rings. The first kappa shape index (κ1) is 20.5. The van der Waals surface area contributed by atoms with E-state index in [4.69, 9.17) is 11.6 Å². The summed E-state index contributed by atoms with van der Waals surface area (Å²) >= 11 is 6.15. The van der Waals surface area contributed by atoms with Crippen molar-refractivity contribution in [1.29, 1.82) is 0 Å². The lowest BCUT2D eigenvalue weighted by atomic mass is 10.2. The van der Waals surface area contributed by atoms with Crippen molar-refractivity contribution >= 4 is 34.2 Å². The van der Waals surface area contributed by atoms with Crippen LogP contribution in [0.4, 0.5) is 5.69 Å². The molecule has 31 heavy (non-hydrogen) atoms. The molecule has 0 atom stereocenters. The van der Waals surface area contributed by atoms with Crippen LogP contribution in [0.3, 0.4) is 0 Å². The minimum atomic E-state index is -0.642. The normalized spacial score (nSPS) is 10.9. The van der Waals surface area contributed by atoms with Gasteiger partial charge in [-0.15, -0.1) is 0 Å². The number of aryl methyl sites for hydroxylation is 1. The number of rotatable bonds is 4. The van der Waals surface area contributed by atoms with Crippen molar-refractivity contribution < 1.29 is 4.79 Å². The molecule has 156 valence electrons. The van der Waals surface area contributed by atoms with Crippen molar-refractivity contribution in [3.63, 3.8) is 0 Å². The molecule has 0 unspecified atom stereocenters. The summed E-state index contributed by atoms with van der Waals surface area (Å²) in [4.78, 5) is 48.6. The van der Waals surface area contributed by atoms with Crippen molar-refractivity contribution in [2.45, 2.75) is 6.54 Å². The van der Waals surface area contributed by atoms with E-state index in [1.165, 1.54) is 29.8 Å². The smallest absolute Gasteiger partial charge is 0.312 e. The second-order valence-electron chi connectivity index (χ2n) is 6.93. The highest BCUT2D eigenvalue weighted by atomic mass is 35.5. The molecule has 0 aliphatic heterocycles. The number of carbonyl (C=O) groups excluding carboxylic acids is 1. The molecular formula is C22H18ClN5O3. The average molecular weight is 436 g/mol. The van der Waals surface area contributed by atoms with Gasteiger partial charge in [0.1, 0.15) is 11.9 Å². The minimum Gasteiger partial charge on any atom is -0.312 e. The lowest BCUT2D eigenvalue weighted by Gasteiger charge is -2.19. The van der Waals surface area contributed by atoms with Crippen molar-refractivity contribution in [2.24, 2.45) is 7.05 Å². The van der Waals surface area contributed by atoms with Crippen LogP contribution in [0.25, 0.3) is 22.4 Å². The number of fused-ring (bicyclic) bond motifs is 1. The Morgan fingerprint density at radius 3 is 2.45 bits per heavy atom. The molecule has 9 heteroatoms. The second kappa shape index (κ2) is 8.16. The molecule has 4 rings (SSSR count). The van der Waals surface area contributed by atoms with Crippen LogP contribution in [-0.4, -0.2) is 32.1 Å². The maximum Gasteiger partial charge on any atom is 0.332 e. The number of para-hydroxylation sites is 1. The molecule has 0 aliphatic rings. The molecule has 0 saturated carbocycles. The summed E-state index contributed by atoms with van der Waals surface area (Å²) in [7, 11) is 3.04. The molecule has 0 aliphatic carbocycles. The van der Waals surface area contributed by atoms with Gasteiger partial charge in [0.05, 0.1) is 10.7 Å². The number of nitrogens with zero attached hydrogens (tertiary/aromatic N) is 5. The largest absolute Gasteiger partial charge is 0.332 e. The Bertz CT molecular complexity index is 1410. The van der Waals surface area contributed by atoms with Crippen molar-refractivity contribution in [3.8, 4) is 11.4 Å². The number of benzene rings is 2. The fourth-order valence-corrected chi connectivity index (χ4v) is 3.51. The molecule has 8 nitrogen and oxygen atoms in total. The number of anilines is 1. The standard InChI is InChI=1S/C22H18ClN5O3/c1-26(17-11-7-6-10-16(17)23)18(29)13-28-21(30)15-12-24-19(14-8-4-3-5-9-14)25-20(15)27(2)22(28)31/h3-12H,13H2,1-2H3. The molecule has 2 aromatic heterocycles. The summed E-state index contributed by atoms with van der Waals surface area (Å²) in [5.41, 5.74) is 0.176.